The van der Waals surface area contributed by atoms with E-state index in [-0.39, 0.29) is 12.2 Å². The minimum atomic E-state index is -0.769. The lowest BCUT2D eigenvalue weighted by Gasteiger charge is -2.12. The Morgan fingerprint density at radius 3 is 2.36 bits per heavy atom. The van der Waals surface area contributed by atoms with E-state index in [1.54, 1.807) is 12.1 Å². The number of aliphatic hydroxyl groups is 1. The molecule has 0 fully saturated rings. The van der Waals surface area contributed by atoms with Gasteiger partial charge in [0.15, 0.2) is 0 Å². The topological polar surface area (TPSA) is 61.4 Å². The summed E-state index contributed by atoms with van der Waals surface area (Å²) in [5.74, 6) is -1.54. The van der Waals surface area contributed by atoms with E-state index in [2.05, 4.69) is 10.6 Å². The van der Waals surface area contributed by atoms with Crippen molar-refractivity contribution in [3.63, 3.8) is 0 Å². The highest BCUT2D eigenvalue weighted by Gasteiger charge is 2.08. The Labute approximate surface area is 126 Å². The molecule has 0 aromatic heterocycles. The fourth-order valence-electron chi connectivity index (χ4n) is 1.97. The zero-order chi connectivity index (χ0) is 15.9. The number of urea groups is 1. The maximum atomic E-state index is 13.0. The molecule has 2 aromatic carbocycles. The molecule has 0 radical (unpaired) electrons. The third kappa shape index (κ3) is 4.82. The van der Waals surface area contributed by atoms with Crippen LogP contribution in [-0.2, 0) is 0 Å². The summed E-state index contributed by atoms with van der Waals surface area (Å²) >= 11 is 0. The molecule has 0 bridgehead atoms. The molecule has 0 aliphatic carbocycles. The lowest BCUT2D eigenvalue weighted by Crippen LogP contribution is -2.30. The van der Waals surface area contributed by atoms with Crippen LogP contribution in [0.5, 0.6) is 0 Å². The first-order valence-electron chi connectivity index (χ1n) is 6.78. The van der Waals surface area contributed by atoms with Crippen LogP contribution in [0, 0.1) is 11.6 Å². The number of hydrogen-bond donors (Lipinski definition) is 3. The summed E-state index contributed by atoms with van der Waals surface area (Å²) in [6.45, 7) is 0.222. The van der Waals surface area contributed by atoms with Gasteiger partial charge in [-0.1, -0.05) is 30.3 Å². The molecule has 0 aliphatic rings. The second-order valence-corrected chi connectivity index (χ2v) is 4.75. The van der Waals surface area contributed by atoms with Crippen molar-refractivity contribution in [2.75, 3.05) is 11.9 Å². The SMILES string of the molecule is O=C(NCCC(O)c1ccccc1)Nc1cc(F)cc(F)c1. The first-order chi connectivity index (χ1) is 10.5. The number of anilines is 1. The molecule has 3 N–H and O–H groups in total. The fourth-order valence-corrected chi connectivity index (χ4v) is 1.97. The summed E-state index contributed by atoms with van der Waals surface area (Å²) in [7, 11) is 0. The maximum absolute atomic E-state index is 13.0. The van der Waals surface area contributed by atoms with E-state index in [1.807, 2.05) is 18.2 Å². The highest BCUT2D eigenvalue weighted by Crippen LogP contribution is 2.15. The number of aliphatic hydroxyl groups excluding tert-OH is 1. The highest BCUT2D eigenvalue weighted by atomic mass is 19.1. The van der Waals surface area contributed by atoms with Gasteiger partial charge in [0, 0.05) is 18.3 Å². The van der Waals surface area contributed by atoms with Crippen LogP contribution in [0.3, 0.4) is 0 Å². The highest BCUT2D eigenvalue weighted by molar-refractivity contribution is 5.89. The van der Waals surface area contributed by atoms with E-state index >= 15 is 0 Å². The van der Waals surface area contributed by atoms with Gasteiger partial charge in [-0.15, -0.1) is 0 Å². The van der Waals surface area contributed by atoms with Gasteiger partial charge in [0.2, 0.25) is 0 Å². The smallest absolute Gasteiger partial charge is 0.319 e. The molecule has 0 aliphatic heterocycles. The molecule has 2 amide bonds. The molecule has 1 unspecified atom stereocenters. The van der Waals surface area contributed by atoms with E-state index in [0.29, 0.717) is 6.42 Å². The summed E-state index contributed by atoms with van der Waals surface area (Å²) in [6, 6.07) is 11.2. The van der Waals surface area contributed by atoms with Gasteiger partial charge in [-0.05, 0) is 24.1 Å². The molecule has 1 atom stereocenters. The monoisotopic (exact) mass is 306 g/mol. The third-order valence-corrected chi connectivity index (χ3v) is 3.01. The number of halogens is 2. The van der Waals surface area contributed by atoms with Gasteiger partial charge in [-0.3, -0.25) is 0 Å². The predicted molar refractivity (Wildman–Crippen MR) is 79.4 cm³/mol. The van der Waals surface area contributed by atoms with Gasteiger partial charge >= 0.3 is 6.03 Å². The number of carbonyl (C=O) groups is 1. The number of rotatable bonds is 5. The van der Waals surface area contributed by atoms with E-state index in [4.69, 9.17) is 0 Å². The summed E-state index contributed by atoms with van der Waals surface area (Å²) < 4.78 is 26.0. The molecular weight excluding hydrogens is 290 g/mol. The second kappa shape index (κ2) is 7.51. The first kappa shape index (κ1) is 15.9. The number of amides is 2. The lowest BCUT2D eigenvalue weighted by atomic mass is 10.1. The van der Waals surface area contributed by atoms with Crippen molar-refractivity contribution in [3.05, 3.63) is 65.7 Å². The van der Waals surface area contributed by atoms with Crippen molar-refractivity contribution >= 4 is 11.7 Å². The number of benzene rings is 2. The van der Waals surface area contributed by atoms with Crippen LogP contribution in [0.25, 0.3) is 0 Å². The zero-order valence-electron chi connectivity index (χ0n) is 11.7. The Kier molecular flexibility index (Phi) is 5.43. The minimum Gasteiger partial charge on any atom is -0.388 e. The van der Waals surface area contributed by atoms with Crippen LogP contribution in [0.15, 0.2) is 48.5 Å². The molecule has 2 rings (SSSR count). The molecule has 0 saturated heterocycles. The maximum Gasteiger partial charge on any atom is 0.319 e. The normalized spacial score (nSPS) is 11.8. The van der Waals surface area contributed by atoms with Crippen LogP contribution in [0.2, 0.25) is 0 Å². The molecule has 22 heavy (non-hydrogen) atoms. The average Bonchev–Trinajstić information content (AvgIpc) is 2.47. The Hall–Kier alpha value is -2.47. The molecule has 116 valence electrons. The van der Waals surface area contributed by atoms with Crippen LogP contribution < -0.4 is 10.6 Å². The van der Waals surface area contributed by atoms with Crippen molar-refractivity contribution in [2.24, 2.45) is 0 Å². The van der Waals surface area contributed by atoms with E-state index in [1.165, 1.54) is 0 Å². The van der Waals surface area contributed by atoms with Crippen LogP contribution in [0.1, 0.15) is 18.1 Å². The van der Waals surface area contributed by atoms with Crippen molar-refractivity contribution in [2.45, 2.75) is 12.5 Å². The number of nitrogens with one attached hydrogen (secondary N) is 2. The Morgan fingerprint density at radius 1 is 1.09 bits per heavy atom. The summed E-state index contributed by atoms with van der Waals surface area (Å²) in [4.78, 5) is 11.6. The molecule has 4 nitrogen and oxygen atoms in total. The van der Waals surface area contributed by atoms with Crippen LogP contribution >= 0.6 is 0 Å². The van der Waals surface area contributed by atoms with Crippen LogP contribution in [0.4, 0.5) is 19.3 Å². The average molecular weight is 306 g/mol. The van der Waals surface area contributed by atoms with Gasteiger partial charge in [0.05, 0.1) is 6.10 Å². The van der Waals surface area contributed by atoms with Gasteiger partial charge in [0.1, 0.15) is 11.6 Å². The predicted octanol–water partition coefficient (Wildman–Crippen LogP) is 3.21. The van der Waals surface area contributed by atoms with Crippen molar-refractivity contribution in [1.29, 1.82) is 0 Å². The Bertz CT molecular complexity index is 615. The quantitative estimate of drug-likeness (QED) is 0.794. The Morgan fingerprint density at radius 2 is 1.73 bits per heavy atom. The largest absolute Gasteiger partial charge is 0.388 e. The molecule has 0 spiro atoms. The molecule has 0 heterocycles. The van der Waals surface area contributed by atoms with Crippen molar-refractivity contribution in [1.82, 2.24) is 5.32 Å². The van der Waals surface area contributed by atoms with Crippen LogP contribution in [-0.4, -0.2) is 17.7 Å². The van der Waals surface area contributed by atoms with E-state index in [0.717, 1.165) is 23.8 Å². The van der Waals surface area contributed by atoms with E-state index < -0.39 is 23.8 Å². The summed E-state index contributed by atoms with van der Waals surface area (Å²) in [6.07, 6.45) is -0.359. The van der Waals surface area contributed by atoms with Gasteiger partial charge < -0.3 is 15.7 Å². The van der Waals surface area contributed by atoms with Gasteiger partial charge in [-0.25, -0.2) is 13.6 Å². The number of carbonyl (C=O) groups excluding carboxylic acids is 1. The standard InChI is InChI=1S/C16H16F2N2O2/c17-12-8-13(18)10-14(9-12)20-16(22)19-7-6-15(21)11-4-2-1-3-5-11/h1-5,8-10,15,21H,6-7H2,(H2,19,20,22). The summed E-state index contributed by atoms with van der Waals surface area (Å²) in [5, 5.41) is 14.8. The fraction of sp³-hybridized carbons (Fsp3) is 0.188. The summed E-state index contributed by atoms with van der Waals surface area (Å²) in [5.41, 5.74) is 0.788. The lowest BCUT2D eigenvalue weighted by molar-refractivity contribution is 0.167. The van der Waals surface area contributed by atoms with E-state index in [9.17, 15) is 18.7 Å². The van der Waals surface area contributed by atoms with Gasteiger partial charge in [0.25, 0.3) is 0 Å². The molecule has 2 aromatic rings. The van der Waals surface area contributed by atoms with Crippen molar-refractivity contribution in [3.8, 4) is 0 Å². The second-order valence-electron chi connectivity index (χ2n) is 4.75. The molecule has 0 saturated carbocycles. The molecule has 6 heteroatoms. The number of hydrogen-bond acceptors (Lipinski definition) is 2. The minimum absolute atomic E-state index is 0.0265. The van der Waals surface area contributed by atoms with Gasteiger partial charge in [-0.2, -0.15) is 0 Å². The third-order valence-electron chi connectivity index (χ3n) is 3.01. The first-order valence-corrected chi connectivity index (χ1v) is 6.78. The van der Waals surface area contributed by atoms with Crippen molar-refractivity contribution < 1.29 is 18.7 Å². The molecular formula is C16H16F2N2O2. The zero-order valence-corrected chi connectivity index (χ0v) is 11.7. The Balaban J connectivity index is 1.78.